The van der Waals surface area contributed by atoms with Crippen molar-refractivity contribution < 1.29 is 4.79 Å². The minimum atomic E-state index is 0.176. The fourth-order valence-corrected chi connectivity index (χ4v) is 2.12. The second-order valence-electron chi connectivity index (χ2n) is 4.60. The summed E-state index contributed by atoms with van der Waals surface area (Å²) in [4.78, 5) is 17.7. The number of carbonyl (C=O) groups excluding carboxylic acids is 1. The van der Waals surface area contributed by atoms with E-state index in [2.05, 4.69) is 20.5 Å². The van der Waals surface area contributed by atoms with Crippen LogP contribution in [0.1, 0.15) is 25.1 Å². The molecule has 1 aromatic rings. The summed E-state index contributed by atoms with van der Waals surface area (Å²) in [5.74, 6) is 1.38. The van der Waals surface area contributed by atoms with Gasteiger partial charge in [-0.3, -0.25) is 9.89 Å². The van der Waals surface area contributed by atoms with Gasteiger partial charge in [-0.1, -0.05) is 0 Å². The van der Waals surface area contributed by atoms with Crippen LogP contribution < -0.4 is 5.32 Å². The largest absolute Gasteiger partial charge is 0.338 e. The topological polar surface area (TPSA) is 73.9 Å². The van der Waals surface area contributed by atoms with E-state index in [4.69, 9.17) is 0 Å². The van der Waals surface area contributed by atoms with Gasteiger partial charge in [0.15, 0.2) is 0 Å². The Kier molecular flexibility index (Phi) is 4.08. The van der Waals surface area contributed by atoms with Crippen molar-refractivity contribution in [3.8, 4) is 0 Å². The second kappa shape index (κ2) is 5.77. The highest BCUT2D eigenvalue weighted by molar-refractivity contribution is 5.76. The summed E-state index contributed by atoms with van der Waals surface area (Å²) in [6.07, 6.45) is 4.40. The third kappa shape index (κ3) is 3.52. The van der Waals surface area contributed by atoms with Gasteiger partial charge in [0.1, 0.15) is 12.2 Å². The first kappa shape index (κ1) is 12.0. The maximum Gasteiger partial charge on any atom is 0.223 e. The second-order valence-corrected chi connectivity index (χ2v) is 4.60. The molecular weight excluding hydrogens is 218 g/mol. The van der Waals surface area contributed by atoms with E-state index in [9.17, 15) is 4.79 Å². The average Bonchev–Trinajstić information content (AvgIpc) is 2.83. The molecule has 0 aromatic carbocycles. The van der Waals surface area contributed by atoms with Gasteiger partial charge in [0, 0.05) is 13.5 Å². The molecular formula is C11H19N5O. The van der Waals surface area contributed by atoms with Crippen LogP contribution in [0, 0.1) is 5.92 Å². The molecule has 6 heteroatoms. The highest BCUT2D eigenvalue weighted by Crippen LogP contribution is 2.15. The number of piperidine rings is 1. The standard InChI is InChI=1S/C11H19N5O/c1-16(7-10-13-8-14-15-10)11(17)5-9-3-2-4-12-6-9/h8-9,12H,2-7H2,1H3,(H,13,14,15). The van der Waals surface area contributed by atoms with Crippen LogP contribution in [0.3, 0.4) is 0 Å². The first-order chi connectivity index (χ1) is 8.25. The van der Waals surface area contributed by atoms with Crippen LogP contribution in [0.4, 0.5) is 0 Å². The maximum atomic E-state index is 12.0. The number of rotatable bonds is 4. The molecule has 0 radical (unpaired) electrons. The van der Waals surface area contributed by atoms with Crippen molar-refractivity contribution >= 4 is 5.91 Å². The van der Waals surface area contributed by atoms with Gasteiger partial charge in [0.25, 0.3) is 0 Å². The molecule has 0 spiro atoms. The zero-order valence-corrected chi connectivity index (χ0v) is 10.1. The van der Waals surface area contributed by atoms with Crippen molar-refractivity contribution in [2.75, 3.05) is 20.1 Å². The lowest BCUT2D eigenvalue weighted by Crippen LogP contribution is -2.35. The summed E-state index contributed by atoms with van der Waals surface area (Å²) in [5.41, 5.74) is 0. The minimum absolute atomic E-state index is 0.176. The summed E-state index contributed by atoms with van der Waals surface area (Å²) >= 11 is 0. The van der Waals surface area contributed by atoms with Crippen LogP contribution in [-0.4, -0.2) is 46.1 Å². The summed E-state index contributed by atoms with van der Waals surface area (Å²) in [6.45, 7) is 2.54. The predicted octanol–water partition coefficient (Wildman–Crippen LogP) is 0.153. The van der Waals surface area contributed by atoms with Gasteiger partial charge < -0.3 is 10.2 Å². The Morgan fingerprint density at radius 3 is 3.18 bits per heavy atom. The molecule has 2 N–H and O–H groups in total. The lowest BCUT2D eigenvalue weighted by Gasteiger charge is -2.24. The van der Waals surface area contributed by atoms with E-state index in [1.807, 2.05) is 0 Å². The van der Waals surface area contributed by atoms with Crippen molar-refractivity contribution in [2.24, 2.45) is 5.92 Å². The van der Waals surface area contributed by atoms with Crippen LogP contribution in [0.5, 0.6) is 0 Å². The number of aromatic amines is 1. The Bertz CT molecular complexity index is 345. The normalized spacial score (nSPS) is 20.2. The molecule has 17 heavy (non-hydrogen) atoms. The van der Waals surface area contributed by atoms with E-state index < -0.39 is 0 Å². The Balaban J connectivity index is 1.78. The van der Waals surface area contributed by atoms with Crippen molar-refractivity contribution in [3.63, 3.8) is 0 Å². The summed E-state index contributed by atoms with van der Waals surface area (Å²) < 4.78 is 0. The van der Waals surface area contributed by atoms with Gasteiger partial charge in [-0.05, 0) is 31.8 Å². The quantitative estimate of drug-likeness (QED) is 0.782. The van der Waals surface area contributed by atoms with Crippen LogP contribution in [0.15, 0.2) is 6.33 Å². The Labute approximate surface area is 101 Å². The molecule has 0 saturated carbocycles. The number of carbonyl (C=O) groups is 1. The van der Waals surface area contributed by atoms with Crippen molar-refractivity contribution in [1.82, 2.24) is 25.4 Å². The molecule has 1 amide bonds. The fraction of sp³-hybridized carbons (Fsp3) is 0.727. The van der Waals surface area contributed by atoms with Gasteiger partial charge in [0.05, 0.1) is 6.54 Å². The summed E-state index contributed by atoms with van der Waals surface area (Å²) in [6, 6.07) is 0. The van der Waals surface area contributed by atoms with Gasteiger partial charge in [-0.15, -0.1) is 0 Å². The number of hydrogen-bond donors (Lipinski definition) is 2. The van der Waals surface area contributed by atoms with Gasteiger partial charge >= 0.3 is 0 Å². The maximum absolute atomic E-state index is 12.0. The van der Waals surface area contributed by atoms with Gasteiger partial charge in [0.2, 0.25) is 5.91 Å². The smallest absolute Gasteiger partial charge is 0.223 e. The van der Waals surface area contributed by atoms with Crippen LogP contribution in [0.25, 0.3) is 0 Å². The molecule has 6 nitrogen and oxygen atoms in total. The predicted molar refractivity (Wildman–Crippen MR) is 63.1 cm³/mol. The zero-order chi connectivity index (χ0) is 12.1. The number of aromatic nitrogens is 3. The van der Waals surface area contributed by atoms with Crippen molar-refractivity contribution in [3.05, 3.63) is 12.2 Å². The SMILES string of the molecule is CN(Cc1ncn[nH]1)C(=O)CC1CCCNC1. The molecule has 2 heterocycles. The molecule has 94 valence electrons. The Morgan fingerprint density at radius 2 is 2.53 bits per heavy atom. The molecule has 1 fully saturated rings. The Morgan fingerprint density at radius 1 is 1.65 bits per heavy atom. The molecule has 1 saturated heterocycles. The third-order valence-electron chi connectivity index (χ3n) is 3.14. The lowest BCUT2D eigenvalue weighted by atomic mass is 9.96. The molecule has 0 aliphatic carbocycles. The number of nitrogens with zero attached hydrogens (tertiary/aromatic N) is 3. The van der Waals surface area contributed by atoms with Gasteiger partial charge in [-0.2, -0.15) is 5.10 Å². The van der Waals surface area contributed by atoms with E-state index in [-0.39, 0.29) is 5.91 Å². The zero-order valence-electron chi connectivity index (χ0n) is 10.1. The van der Waals surface area contributed by atoms with E-state index >= 15 is 0 Å². The van der Waals surface area contributed by atoms with E-state index in [1.54, 1.807) is 11.9 Å². The average molecular weight is 237 g/mol. The Hall–Kier alpha value is -1.43. The molecule has 1 unspecified atom stereocenters. The van der Waals surface area contributed by atoms with Crippen LogP contribution in [-0.2, 0) is 11.3 Å². The molecule has 2 rings (SSSR count). The number of nitrogens with one attached hydrogen (secondary N) is 2. The number of hydrogen-bond acceptors (Lipinski definition) is 4. The fourth-order valence-electron chi connectivity index (χ4n) is 2.12. The molecule has 1 aliphatic heterocycles. The minimum Gasteiger partial charge on any atom is -0.338 e. The van der Waals surface area contributed by atoms with Crippen molar-refractivity contribution in [2.45, 2.75) is 25.8 Å². The monoisotopic (exact) mass is 237 g/mol. The lowest BCUT2D eigenvalue weighted by molar-refractivity contribution is -0.131. The third-order valence-corrected chi connectivity index (χ3v) is 3.14. The molecule has 1 aromatic heterocycles. The molecule has 1 atom stereocenters. The van der Waals surface area contributed by atoms with E-state index in [0.717, 1.165) is 25.3 Å². The first-order valence-corrected chi connectivity index (χ1v) is 6.04. The van der Waals surface area contributed by atoms with Gasteiger partial charge in [-0.25, -0.2) is 4.98 Å². The summed E-state index contributed by atoms with van der Waals surface area (Å²) in [5, 5.41) is 9.85. The van der Waals surface area contributed by atoms with Crippen molar-refractivity contribution in [1.29, 1.82) is 0 Å². The molecule has 0 bridgehead atoms. The number of amides is 1. The molecule has 1 aliphatic rings. The van der Waals surface area contributed by atoms with Crippen LogP contribution in [0.2, 0.25) is 0 Å². The van der Waals surface area contributed by atoms with Crippen LogP contribution >= 0.6 is 0 Å². The van der Waals surface area contributed by atoms with E-state index in [1.165, 1.54) is 12.7 Å². The summed E-state index contributed by atoms with van der Waals surface area (Å²) in [7, 11) is 1.81. The highest BCUT2D eigenvalue weighted by Gasteiger charge is 2.19. The highest BCUT2D eigenvalue weighted by atomic mass is 16.2. The first-order valence-electron chi connectivity index (χ1n) is 6.04. The van der Waals surface area contributed by atoms with E-state index in [0.29, 0.717) is 18.9 Å². The number of H-pyrrole nitrogens is 1.